The Hall–Kier alpha value is -7.44. The molecule has 4 aliphatic rings. The summed E-state index contributed by atoms with van der Waals surface area (Å²) in [7, 11) is 0. The fourth-order valence-electron chi connectivity index (χ4n) is 12.6. The van der Waals surface area contributed by atoms with Crippen LogP contribution in [0, 0.1) is 0 Å². The van der Waals surface area contributed by atoms with Crippen molar-refractivity contribution in [3.63, 3.8) is 0 Å². The van der Waals surface area contributed by atoms with Gasteiger partial charge in [-0.1, -0.05) is 144 Å². The summed E-state index contributed by atoms with van der Waals surface area (Å²) in [6.45, 7) is 11.8. The molecule has 0 amide bonds. The maximum atomic E-state index is 7.28. The van der Waals surface area contributed by atoms with Gasteiger partial charge in [0.15, 0.2) is 0 Å². The van der Waals surface area contributed by atoms with Crippen LogP contribution in [0.3, 0.4) is 0 Å². The molecule has 13 rings (SSSR count). The number of fused-ring (bicyclic) bond motifs is 9. The molecule has 6 heteroatoms. The number of furan rings is 1. The summed E-state index contributed by atoms with van der Waals surface area (Å²) in [5.74, 6) is 0.869. The molecule has 8 aromatic carbocycles. The summed E-state index contributed by atoms with van der Waals surface area (Å²) in [5, 5.41) is 1.15. The van der Waals surface area contributed by atoms with Crippen LogP contribution in [0.4, 0.5) is 62.8 Å². The van der Waals surface area contributed by atoms with Gasteiger partial charge in [-0.3, -0.25) is 4.90 Å². The van der Waals surface area contributed by atoms with E-state index < -0.39 is 0 Å². The minimum atomic E-state index is -0.138. The van der Waals surface area contributed by atoms with E-state index >= 15 is 0 Å². The van der Waals surface area contributed by atoms with E-state index in [0.29, 0.717) is 0 Å². The second kappa shape index (κ2) is 15.0. The maximum absolute atomic E-state index is 7.28. The highest BCUT2D eigenvalue weighted by molar-refractivity contribution is 7.01. The molecule has 9 aromatic rings. The van der Waals surface area contributed by atoms with E-state index in [1.165, 1.54) is 63.1 Å². The molecule has 2 unspecified atom stereocenters. The van der Waals surface area contributed by atoms with E-state index in [9.17, 15) is 0 Å². The number of benzene rings is 8. The van der Waals surface area contributed by atoms with Gasteiger partial charge in [0.05, 0.1) is 11.2 Å². The number of hydrogen-bond donors (Lipinski definition) is 0. The molecular formula is C62H55BN4O. The first-order chi connectivity index (χ1) is 33.1. The predicted molar refractivity (Wildman–Crippen MR) is 286 cm³/mol. The minimum Gasteiger partial charge on any atom is -0.440 e. The molecule has 0 N–H and O–H groups in total. The Kier molecular flexibility index (Phi) is 9.02. The average Bonchev–Trinajstić information content (AvgIpc) is 3.84. The molecule has 1 aliphatic carbocycles. The second-order valence-electron chi connectivity index (χ2n) is 20.9. The van der Waals surface area contributed by atoms with Crippen LogP contribution in [0.5, 0.6) is 0 Å². The number of rotatable bonds is 6. The minimum absolute atomic E-state index is 0.000422. The van der Waals surface area contributed by atoms with Gasteiger partial charge in [0.25, 0.3) is 6.71 Å². The highest BCUT2D eigenvalue weighted by Crippen LogP contribution is 2.62. The third-order valence-corrected chi connectivity index (χ3v) is 16.1. The van der Waals surface area contributed by atoms with Crippen LogP contribution < -0.4 is 36.0 Å². The maximum Gasteiger partial charge on any atom is 0.257 e. The molecule has 4 heterocycles. The lowest BCUT2D eigenvalue weighted by Gasteiger charge is -2.50. The van der Waals surface area contributed by atoms with Gasteiger partial charge in [-0.2, -0.15) is 0 Å². The van der Waals surface area contributed by atoms with E-state index in [0.717, 1.165) is 63.8 Å². The van der Waals surface area contributed by atoms with Gasteiger partial charge >= 0.3 is 0 Å². The zero-order valence-corrected chi connectivity index (χ0v) is 39.6. The van der Waals surface area contributed by atoms with Gasteiger partial charge in [-0.25, -0.2) is 0 Å². The zero-order valence-electron chi connectivity index (χ0n) is 39.6. The molecule has 5 nitrogen and oxygen atoms in total. The first-order valence-corrected chi connectivity index (χ1v) is 24.5. The lowest BCUT2D eigenvalue weighted by Crippen LogP contribution is -2.61. The molecule has 2 atom stereocenters. The smallest absolute Gasteiger partial charge is 0.257 e. The van der Waals surface area contributed by atoms with Gasteiger partial charge in [-0.15, -0.1) is 0 Å². The Morgan fingerprint density at radius 3 is 1.72 bits per heavy atom. The molecule has 0 saturated heterocycles. The van der Waals surface area contributed by atoms with Crippen molar-refractivity contribution in [3.05, 3.63) is 205 Å². The third kappa shape index (κ3) is 5.89. The standard InChI is InChI=1S/C62H55BN4O/c1-60(2,3)42-32-34-46(35-33-42)66-55-39-48(64(43-22-10-6-11-23-43)44-24-12-7-13-25-44)38-54-58(55)63(57-49-30-18-19-31-56(49)68-59(57)66)51-41-52-50(40-53(51)65(54)45-26-14-8-15-27-45)61(4)36-20-21-37-62(61,5)67(52)47-28-16-9-17-29-47/h6-19,22-35,38-41H,20-21,36-37H2,1-5H3. The quantitative estimate of drug-likeness (QED) is 0.155. The van der Waals surface area contributed by atoms with Gasteiger partial charge in [0.2, 0.25) is 5.88 Å². The number of nitrogens with zero attached hydrogens (tertiary/aromatic N) is 4. The van der Waals surface area contributed by atoms with Gasteiger partial charge in [0, 0.05) is 67.5 Å². The van der Waals surface area contributed by atoms with Crippen LogP contribution in [-0.4, -0.2) is 12.3 Å². The molecule has 1 saturated carbocycles. The largest absolute Gasteiger partial charge is 0.440 e. The van der Waals surface area contributed by atoms with Crippen LogP contribution >= 0.6 is 0 Å². The summed E-state index contributed by atoms with van der Waals surface area (Å²) in [4.78, 5) is 10.1. The number of hydrogen-bond acceptors (Lipinski definition) is 5. The van der Waals surface area contributed by atoms with E-state index in [1.807, 2.05) is 0 Å². The third-order valence-electron chi connectivity index (χ3n) is 16.1. The van der Waals surface area contributed by atoms with Crippen molar-refractivity contribution < 1.29 is 4.42 Å². The molecule has 1 fully saturated rings. The Balaban J connectivity index is 1.17. The van der Waals surface area contributed by atoms with Crippen molar-refractivity contribution in [1.82, 2.24) is 0 Å². The van der Waals surface area contributed by atoms with Crippen LogP contribution in [0.1, 0.15) is 71.4 Å². The fourth-order valence-corrected chi connectivity index (χ4v) is 12.6. The Morgan fingerprint density at radius 1 is 0.515 bits per heavy atom. The van der Waals surface area contributed by atoms with Crippen molar-refractivity contribution in [2.75, 3.05) is 19.6 Å². The second-order valence-corrected chi connectivity index (χ2v) is 20.9. The van der Waals surface area contributed by atoms with Crippen molar-refractivity contribution in [3.8, 4) is 0 Å². The molecule has 68 heavy (non-hydrogen) atoms. The molecule has 1 aromatic heterocycles. The Bertz CT molecular complexity index is 3340. The average molecular weight is 883 g/mol. The number of para-hydroxylation sites is 5. The van der Waals surface area contributed by atoms with E-state index in [2.05, 4.69) is 248 Å². The Labute approximate surface area is 401 Å². The summed E-state index contributed by atoms with van der Waals surface area (Å²) in [6, 6.07) is 71.9. The molecular weight excluding hydrogens is 828 g/mol. The van der Waals surface area contributed by atoms with Crippen molar-refractivity contribution in [2.45, 2.75) is 76.7 Å². The van der Waals surface area contributed by atoms with E-state index in [4.69, 9.17) is 4.42 Å². The molecule has 332 valence electrons. The summed E-state index contributed by atoms with van der Waals surface area (Å²) in [6.07, 6.45) is 4.71. The molecule has 0 spiro atoms. The van der Waals surface area contributed by atoms with E-state index in [-0.39, 0.29) is 23.1 Å². The monoisotopic (exact) mass is 882 g/mol. The van der Waals surface area contributed by atoms with E-state index in [1.54, 1.807) is 0 Å². The van der Waals surface area contributed by atoms with Crippen molar-refractivity contribution in [2.24, 2.45) is 0 Å². The molecule has 3 aliphatic heterocycles. The first-order valence-electron chi connectivity index (χ1n) is 24.5. The van der Waals surface area contributed by atoms with Gasteiger partial charge < -0.3 is 19.1 Å². The van der Waals surface area contributed by atoms with Gasteiger partial charge in [-0.05, 0) is 138 Å². The lowest BCUT2D eigenvalue weighted by molar-refractivity contribution is 0.195. The van der Waals surface area contributed by atoms with Gasteiger partial charge in [0.1, 0.15) is 5.58 Å². The lowest BCUT2D eigenvalue weighted by atomic mass is 9.33. The van der Waals surface area contributed by atoms with Crippen LogP contribution in [0.15, 0.2) is 199 Å². The predicted octanol–water partition coefficient (Wildman–Crippen LogP) is 15.0. The topological polar surface area (TPSA) is 26.1 Å². The first kappa shape index (κ1) is 40.8. The van der Waals surface area contributed by atoms with Crippen LogP contribution in [0.2, 0.25) is 0 Å². The fraction of sp³-hybridized carbons (Fsp3) is 0.194. The van der Waals surface area contributed by atoms with Crippen molar-refractivity contribution >= 4 is 96.8 Å². The summed E-state index contributed by atoms with van der Waals surface area (Å²) in [5.41, 5.74) is 18.7. The van der Waals surface area contributed by atoms with Crippen LogP contribution in [0.25, 0.3) is 11.0 Å². The SMILES string of the molecule is CC(C)(C)c1ccc(N2c3cc(N(c4ccccc4)c4ccccc4)cc4c3B(c3cc5c(cc3N4c3ccccc3)C3(C)CCCCC3(C)N5c3ccccc3)c3c2oc2ccccc32)cc1. The van der Waals surface area contributed by atoms with Crippen LogP contribution in [-0.2, 0) is 10.8 Å². The highest BCUT2D eigenvalue weighted by Gasteiger charge is 2.59. The zero-order chi connectivity index (χ0) is 45.9. The summed E-state index contributed by atoms with van der Waals surface area (Å²) < 4.78 is 7.28. The molecule has 0 bridgehead atoms. The highest BCUT2D eigenvalue weighted by atomic mass is 16.4. The molecule has 0 radical (unpaired) electrons. The normalized spacial score (nSPS) is 19.0. The summed E-state index contributed by atoms with van der Waals surface area (Å²) >= 11 is 0. The Morgan fingerprint density at radius 2 is 1.07 bits per heavy atom. The van der Waals surface area contributed by atoms with Crippen molar-refractivity contribution in [1.29, 1.82) is 0 Å². The number of anilines is 11.